The van der Waals surface area contributed by atoms with Crippen molar-refractivity contribution in [1.82, 2.24) is 0 Å². The van der Waals surface area contributed by atoms with Crippen molar-refractivity contribution in [3.8, 4) is 0 Å². The fourth-order valence-electron chi connectivity index (χ4n) is 3.11. The number of aromatic carboxylic acids is 1. The number of ether oxygens (including phenoxy) is 1. The maximum Gasteiger partial charge on any atom is 0.0736 e. The van der Waals surface area contributed by atoms with Gasteiger partial charge in [0, 0.05) is 36.6 Å². The van der Waals surface area contributed by atoms with Crippen LogP contribution < -0.4 is 15.3 Å². The van der Waals surface area contributed by atoms with Crippen LogP contribution in [0.5, 0.6) is 0 Å². The SMILES string of the molecule is CC(C)c1ccc(CNc2ccc(N3CCOCC3)c(C(=O)[O-])c2)cc1. The van der Waals surface area contributed by atoms with Gasteiger partial charge in [-0.2, -0.15) is 0 Å². The average molecular weight is 353 g/mol. The van der Waals surface area contributed by atoms with Gasteiger partial charge in [0.2, 0.25) is 0 Å². The van der Waals surface area contributed by atoms with E-state index in [0.717, 1.165) is 11.3 Å². The fraction of sp³-hybridized carbons (Fsp3) is 0.381. The molecule has 0 amide bonds. The van der Waals surface area contributed by atoms with Crippen LogP contribution in [0.3, 0.4) is 0 Å². The molecule has 1 aliphatic rings. The Hall–Kier alpha value is -2.53. The molecule has 0 radical (unpaired) electrons. The van der Waals surface area contributed by atoms with E-state index >= 15 is 0 Å². The summed E-state index contributed by atoms with van der Waals surface area (Å²) in [7, 11) is 0. The number of carboxylic acid groups (broad SMARTS) is 1. The minimum atomic E-state index is -1.16. The van der Waals surface area contributed by atoms with Crippen molar-refractivity contribution in [2.24, 2.45) is 0 Å². The molecule has 0 aliphatic carbocycles. The highest BCUT2D eigenvalue weighted by atomic mass is 16.5. The molecule has 5 nitrogen and oxygen atoms in total. The smallest absolute Gasteiger partial charge is 0.0736 e. The highest BCUT2D eigenvalue weighted by Gasteiger charge is 2.15. The van der Waals surface area contributed by atoms with Crippen molar-refractivity contribution in [3.05, 3.63) is 59.2 Å². The van der Waals surface area contributed by atoms with Gasteiger partial charge in [-0.25, -0.2) is 0 Å². The van der Waals surface area contributed by atoms with Gasteiger partial charge in [-0.3, -0.25) is 0 Å². The summed E-state index contributed by atoms with van der Waals surface area (Å²) in [5.41, 5.74) is 4.14. The number of anilines is 2. The number of benzene rings is 2. The van der Waals surface area contributed by atoms with Gasteiger partial charge in [0.25, 0.3) is 0 Å². The van der Waals surface area contributed by atoms with E-state index in [-0.39, 0.29) is 5.56 Å². The average Bonchev–Trinajstić information content (AvgIpc) is 2.67. The number of morpholine rings is 1. The van der Waals surface area contributed by atoms with Crippen molar-refractivity contribution < 1.29 is 14.6 Å². The van der Waals surface area contributed by atoms with Crippen LogP contribution >= 0.6 is 0 Å². The van der Waals surface area contributed by atoms with Crippen LogP contribution in [0.25, 0.3) is 0 Å². The Bertz CT molecular complexity index is 750. The van der Waals surface area contributed by atoms with E-state index in [1.807, 2.05) is 17.0 Å². The minimum absolute atomic E-state index is 0.215. The van der Waals surface area contributed by atoms with E-state index in [1.165, 1.54) is 5.56 Å². The van der Waals surface area contributed by atoms with Crippen LogP contribution in [0.4, 0.5) is 11.4 Å². The van der Waals surface area contributed by atoms with Crippen LogP contribution in [-0.4, -0.2) is 32.3 Å². The zero-order valence-electron chi connectivity index (χ0n) is 15.3. The first-order valence-electron chi connectivity index (χ1n) is 9.05. The Morgan fingerprint density at radius 3 is 2.46 bits per heavy atom. The number of hydrogen-bond donors (Lipinski definition) is 1. The molecular formula is C21H25N2O3-. The van der Waals surface area contributed by atoms with Crippen molar-refractivity contribution >= 4 is 17.3 Å². The number of nitrogens with zero attached hydrogens (tertiary/aromatic N) is 1. The molecule has 1 N–H and O–H groups in total. The lowest BCUT2D eigenvalue weighted by Gasteiger charge is -2.31. The fourth-order valence-corrected chi connectivity index (χ4v) is 3.11. The monoisotopic (exact) mass is 353 g/mol. The molecule has 3 rings (SSSR count). The molecule has 1 fully saturated rings. The molecular weight excluding hydrogens is 328 g/mol. The molecule has 0 spiro atoms. The standard InChI is InChI=1S/C21H26N2O3/c1-15(2)17-5-3-16(4-6-17)14-22-18-7-8-20(19(13-18)21(24)25)23-9-11-26-12-10-23/h3-8,13,15,22H,9-12,14H2,1-2H3,(H,24,25)/p-1. The van der Waals surface area contributed by atoms with Gasteiger partial charge >= 0.3 is 0 Å². The molecule has 0 bridgehead atoms. The molecule has 1 aliphatic heterocycles. The molecule has 5 heteroatoms. The number of carbonyl (C=O) groups is 1. The van der Waals surface area contributed by atoms with E-state index in [1.54, 1.807) is 6.07 Å². The Morgan fingerprint density at radius 1 is 1.15 bits per heavy atom. The normalized spacial score (nSPS) is 14.5. The lowest BCUT2D eigenvalue weighted by molar-refractivity contribution is -0.254. The van der Waals surface area contributed by atoms with Crippen LogP contribution in [0.15, 0.2) is 42.5 Å². The summed E-state index contributed by atoms with van der Waals surface area (Å²) in [6.07, 6.45) is 0. The predicted molar refractivity (Wildman–Crippen MR) is 102 cm³/mol. The van der Waals surface area contributed by atoms with E-state index in [0.29, 0.717) is 44.5 Å². The zero-order valence-corrected chi connectivity index (χ0v) is 15.3. The molecule has 26 heavy (non-hydrogen) atoms. The van der Waals surface area contributed by atoms with Gasteiger partial charge in [-0.15, -0.1) is 0 Å². The topological polar surface area (TPSA) is 64.6 Å². The first kappa shape index (κ1) is 18.3. The molecule has 0 atom stereocenters. The second-order valence-electron chi connectivity index (χ2n) is 6.87. The molecule has 2 aromatic carbocycles. The number of nitrogens with one attached hydrogen (secondary N) is 1. The predicted octanol–water partition coefficient (Wildman–Crippen LogP) is 2.62. The van der Waals surface area contributed by atoms with Gasteiger partial charge in [0.05, 0.1) is 19.2 Å². The van der Waals surface area contributed by atoms with Crippen LogP contribution in [-0.2, 0) is 11.3 Å². The highest BCUT2D eigenvalue weighted by Crippen LogP contribution is 2.25. The second kappa shape index (κ2) is 8.23. The van der Waals surface area contributed by atoms with Crippen molar-refractivity contribution in [3.63, 3.8) is 0 Å². The number of carboxylic acids is 1. The van der Waals surface area contributed by atoms with Gasteiger partial charge < -0.3 is 24.9 Å². The summed E-state index contributed by atoms with van der Waals surface area (Å²) >= 11 is 0. The minimum Gasteiger partial charge on any atom is -0.545 e. The molecule has 2 aromatic rings. The van der Waals surface area contributed by atoms with E-state index < -0.39 is 5.97 Å². The third kappa shape index (κ3) is 4.35. The molecule has 138 valence electrons. The van der Waals surface area contributed by atoms with E-state index in [4.69, 9.17) is 4.74 Å². The quantitative estimate of drug-likeness (QED) is 0.865. The van der Waals surface area contributed by atoms with Gasteiger partial charge in [-0.05, 0) is 35.2 Å². The molecule has 0 aromatic heterocycles. The van der Waals surface area contributed by atoms with E-state index in [9.17, 15) is 9.90 Å². The maximum atomic E-state index is 11.6. The van der Waals surface area contributed by atoms with Crippen molar-refractivity contribution in [2.75, 3.05) is 36.5 Å². The highest BCUT2D eigenvalue weighted by molar-refractivity contribution is 5.94. The maximum absolute atomic E-state index is 11.6. The lowest BCUT2D eigenvalue weighted by atomic mass is 10.0. The van der Waals surface area contributed by atoms with Crippen LogP contribution in [0.1, 0.15) is 41.3 Å². The lowest BCUT2D eigenvalue weighted by Crippen LogP contribution is -2.38. The van der Waals surface area contributed by atoms with Gasteiger partial charge in [0.1, 0.15) is 0 Å². The van der Waals surface area contributed by atoms with Crippen LogP contribution in [0, 0.1) is 0 Å². The Labute approximate surface area is 154 Å². The zero-order chi connectivity index (χ0) is 18.5. The summed E-state index contributed by atoms with van der Waals surface area (Å²) in [6.45, 7) is 7.58. The summed E-state index contributed by atoms with van der Waals surface area (Å²) in [5, 5.41) is 14.9. The van der Waals surface area contributed by atoms with Crippen LogP contribution in [0.2, 0.25) is 0 Å². The summed E-state index contributed by atoms with van der Waals surface area (Å²) < 4.78 is 5.34. The summed E-state index contributed by atoms with van der Waals surface area (Å²) in [6, 6.07) is 13.9. The third-order valence-corrected chi connectivity index (χ3v) is 4.71. The summed E-state index contributed by atoms with van der Waals surface area (Å²) in [5.74, 6) is -0.646. The van der Waals surface area contributed by atoms with Crippen molar-refractivity contribution in [2.45, 2.75) is 26.3 Å². The van der Waals surface area contributed by atoms with E-state index in [2.05, 4.69) is 43.4 Å². The molecule has 0 saturated carbocycles. The molecule has 0 unspecified atom stereocenters. The Morgan fingerprint density at radius 2 is 1.85 bits per heavy atom. The number of hydrogen-bond acceptors (Lipinski definition) is 5. The Kier molecular flexibility index (Phi) is 5.78. The largest absolute Gasteiger partial charge is 0.545 e. The summed E-state index contributed by atoms with van der Waals surface area (Å²) in [4.78, 5) is 13.6. The first-order valence-corrected chi connectivity index (χ1v) is 9.05. The molecule has 1 heterocycles. The van der Waals surface area contributed by atoms with Crippen molar-refractivity contribution in [1.29, 1.82) is 0 Å². The number of carbonyl (C=O) groups excluding carboxylic acids is 1. The Balaban J connectivity index is 1.71. The third-order valence-electron chi connectivity index (χ3n) is 4.71. The second-order valence-corrected chi connectivity index (χ2v) is 6.87. The van der Waals surface area contributed by atoms with Gasteiger partial charge in [0.15, 0.2) is 0 Å². The number of rotatable bonds is 6. The van der Waals surface area contributed by atoms with Gasteiger partial charge in [-0.1, -0.05) is 38.1 Å². The molecule has 1 saturated heterocycles. The first-order chi connectivity index (χ1) is 12.5.